The molecule has 0 aliphatic heterocycles. The monoisotopic (exact) mass is 263 g/mol. The predicted molar refractivity (Wildman–Crippen MR) is 70.2 cm³/mol. The maximum Gasteiger partial charge on any atom is 0.173 e. The number of tetrazole rings is 1. The van der Waals surface area contributed by atoms with Crippen LogP contribution in [-0.2, 0) is 9.47 Å². The van der Waals surface area contributed by atoms with E-state index >= 15 is 0 Å². The molecule has 0 bridgehead atoms. The molecule has 0 saturated heterocycles. The normalized spacial score (nSPS) is 10.9. The summed E-state index contributed by atoms with van der Waals surface area (Å²) < 4.78 is 11.9. The van der Waals surface area contributed by atoms with Crippen molar-refractivity contribution in [1.29, 1.82) is 0 Å². The second-order valence-corrected chi connectivity index (χ2v) is 4.04. The molecule has 0 aliphatic rings. The van der Waals surface area contributed by atoms with Crippen LogP contribution in [0.1, 0.15) is 5.56 Å². The van der Waals surface area contributed by atoms with Crippen molar-refractivity contribution >= 4 is 5.69 Å². The van der Waals surface area contributed by atoms with Crippen molar-refractivity contribution in [3.05, 3.63) is 30.1 Å². The summed E-state index contributed by atoms with van der Waals surface area (Å²) in [6.45, 7) is 2.57. The van der Waals surface area contributed by atoms with Gasteiger partial charge in [0.1, 0.15) is 6.33 Å². The molecule has 0 saturated carbocycles. The molecule has 19 heavy (non-hydrogen) atoms. The molecule has 7 heteroatoms. The van der Waals surface area contributed by atoms with Crippen molar-refractivity contribution in [1.82, 2.24) is 20.2 Å². The number of nitrogens with zero attached hydrogens (tertiary/aromatic N) is 4. The number of hydrogen-bond donors (Lipinski definition) is 1. The maximum absolute atomic E-state index is 5.13. The highest BCUT2D eigenvalue weighted by Gasteiger charge is 2.07. The molecule has 1 aromatic carbocycles. The van der Waals surface area contributed by atoms with Crippen LogP contribution in [0.25, 0.3) is 5.69 Å². The third kappa shape index (κ3) is 3.27. The fourth-order valence-electron chi connectivity index (χ4n) is 1.70. The van der Waals surface area contributed by atoms with Gasteiger partial charge in [-0.3, -0.25) is 0 Å². The molecule has 2 aromatic rings. The Kier molecular flexibility index (Phi) is 4.43. The van der Waals surface area contributed by atoms with Crippen LogP contribution in [0.5, 0.6) is 0 Å². The van der Waals surface area contributed by atoms with Crippen LogP contribution in [0.15, 0.2) is 24.5 Å². The van der Waals surface area contributed by atoms with Crippen LogP contribution in [-0.4, -0.2) is 47.3 Å². The lowest BCUT2D eigenvalue weighted by atomic mass is 10.2. The first-order valence-corrected chi connectivity index (χ1v) is 5.88. The van der Waals surface area contributed by atoms with E-state index in [-0.39, 0.29) is 6.29 Å². The van der Waals surface area contributed by atoms with Gasteiger partial charge < -0.3 is 14.8 Å². The zero-order valence-corrected chi connectivity index (χ0v) is 11.2. The minimum absolute atomic E-state index is 0.280. The second-order valence-electron chi connectivity index (χ2n) is 4.04. The van der Waals surface area contributed by atoms with Crippen molar-refractivity contribution in [3.63, 3.8) is 0 Å². The van der Waals surface area contributed by atoms with Crippen molar-refractivity contribution < 1.29 is 9.47 Å². The molecule has 1 N–H and O–H groups in total. The molecular weight excluding hydrogens is 246 g/mol. The standard InChI is InChI=1S/C12H17N5O2/c1-9-4-5-10(13-7-12(18-2)19-3)6-11(9)17-8-14-15-16-17/h4-6,8,12-13H,7H2,1-3H3. The van der Waals surface area contributed by atoms with E-state index in [1.54, 1.807) is 25.2 Å². The van der Waals surface area contributed by atoms with Gasteiger partial charge in [0.05, 0.1) is 12.2 Å². The van der Waals surface area contributed by atoms with E-state index in [0.29, 0.717) is 6.54 Å². The van der Waals surface area contributed by atoms with Crippen LogP contribution >= 0.6 is 0 Å². The lowest BCUT2D eigenvalue weighted by Crippen LogP contribution is -2.23. The molecule has 0 unspecified atom stereocenters. The van der Waals surface area contributed by atoms with Gasteiger partial charge >= 0.3 is 0 Å². The van der Waals surface area contributed by atoms with Crippen LogP contribution in [0.2, 0.25) is 0 Å². The summed E-state index contributed by atoms with van der Waals surface area (Å²) in [4.78, 5) is 0. The van der Waals surface area contributed by atoms with E-state index in [4.69, 9.17) is 9.47 Å². The van der Waals surface area contributed by atoms with Gasteiger partial charge in [-0.05, 0) is 35.0 Å². The van der Waals surface area contributed by atoms with Crippen LogP contribution < -0.4 is 5.32 Å². The first-order valence-electron chi connectivity index (χ1n) is 5.88. The SMILES string of the molecule is COC(CNc1ccc(C)c(-n2cnnn2)c1)OC. The minimum atomic E-state index is -0.280. The molecular formula is C12H17N5O2. The number of anilines is 1. The van der Waals surface area contributed by atoms with E-state index in [9.17, 15) is 0 Å². The molecule has 0 aliphatic carbocycles. The molecule has 0 atom stereocenters. The average molecular weight is 263 g/mol. The van der Waals surface area contributed by atoms with E-state index in [1.807, 2.05) is 25.1 Å². The smallest absolute Gasteiger partial charge is 0.173 e. The lowest BCUT2D eigenvalue weighted by molar-refractivity contribution is -0.0914. The first-order chi connectivity index (χ1) is 9.24. The summed E-state index contributed by atoms with van der Waals surface area (Å²) in [5.74, 6) is 0. The molecule has 1 heterocycles. The summed E-state index contributed by atoms with van der Waals surface area (Å²) in [5.41, 5.74) is 2.98. The van der Waals surface area contributed by atoms with Gasteiger partial charge in [0, 0.05) is 19.9 Å². The highest BCUT2D eigenvalue weighted by atomic mass is 16.7. The molecule has 0 radical (unpaired) electrons. The zero-order chi connectivity index (χ0) is 13.7. The molecule has 0 amide bonds. The number of nitrogens with one attached hydrogen (secondary N) is 1. The van der Waals surface area contributed by atoms with Crippen molar-refractivity contribution in [2.45, 2.75) is 13.2 Å². The Bertz CT molecular complexity index is 511. The molecule has 2 rings (SSSR count). The Morgan fingerprint density at radius 3 is 2.74 bits per heavy atom. The van der Waals surface area contributed by atoms with E-state index < -0.39 is 0 Å². The van der Waals surface area contributed by atoms with E-state index in [0.717, 1.165) is 16.9 Å². The quantitative estimate of drug-likeness (QED) is 0.784. The number of ether oxygens (including phenoxy) is 2. The van der Waals surface area contributed by atoms with Gasteiger partial charge in [-0.2, -0.15) is 0 Å². The van der Waals surface area contributed by atoms with Gasteiger partial charge in [-0.25, -0.2) is 4.68 Å². The molecule has 102 valence electrons. The summed E-state index contributed by atoms with van der Waals surface area (Å²) in [7, 11) is 3.22. The largest absolute Gasteiger partial charge is 0.380 e. The first kappa shape index (κ1) is 13.4. The maximum atomic E-state index is 5.13. The van der Waals surface area contributed by atoms with Gasteiger partial charge in [0.25, 0.3) is 0 Å². The molecule has 0 spiro atoms. The molecule has 0 fully saturated rings. The van der Waals surface area contributed by atoms with Gasteiger partial charge in [-0.1, -0.05) is 6.07 Å². The van der Waals surface area contributed by atoms with Gasteiger partial charge in [0.2, 0.25) is 0 Å². The third-order valence-corrected chi connectivity index (χ3v) is 2.80. The number of aromatic nitrogens is 4. The minimum Gasteiger partial charge on any atom is -0.380 e. The number of rotatable bonds is 6. The Labute approximate surface area is 111 Å². The third-order valence-electron chi connectivity index (χ3n) is 2.80. The van der Waals surface area contributed by atoms with Crippen molar-refractivity contribution in [2.75, 3.05) is 26.1 Å². The Morgan fingerprint density at radius 2 is 2.11 bits per heavy atom. The highest BCUT2D eigenvalue weighted by molar-refractivity contribution is 5.54. The van der Waals surface area contributed by atoms with Crippen LogP contribution in [0.3, 0.4) is 0 Å². The summed E-state index contributed by atoms with van der Waals surface area (Å²) in [6, 6.07) is 5.98. The van der Waals surface area contributed by atoms with Gasteiger partial charge in [0.15, 0.2) is 6.29 Å². The fraction of sp³-hybridized carbons (Fsp3) is 0.417. The second kappa shape index (κ2) is 6.26. The van der Waals surface area contributed by atoms with Crippen molar-refractivity contribution in [3.8, 4) is 5.69 Å². The van der Waals surface area contributed by atoms with E-state index in [1.165, 1.54) is 0 Å². The molecule has 7 nitrogen and oxygen atoms in total. The molecule has 1 aromatic heterocycles. The Balaban J connectivity index is 2.13. The Hall–Kier alpha value is -1.99. The van der Waals surface area contributed by atoms with E-state index in [2.05, 4.69) is 20.8 Å². The number of aryl methyl sites for hydroxylation is 1. The van der Waals surface area contributed by atoms with Crippen LogP contribution in [0.4, 0.5) is 5.69 Å². The number of benzene rings is 1. The van der Waals surface area contributed by atoms with Gasteiger partial charge in [-0.15, -0.1) is 5.10 Å². The van der Waals surface area contributed by atoms with Crippen molar-refractivity contribution in [2.24, 2.45) is 0 Å². The summed E-state index contributed by atoms with van der Waals surface area (Å²) in [6.07, 6.45) is 1.29. The van der Waals surface area contributed by atoms with Crippen LogP contribution in [0, 0.1) is 6.92 Å². The average Bonchev–Trinajstić information content (AvgIpc) is 2.95. The fourth-order valence-corrected chi connectivity index (χ4v) is 1.70. The Morgan fingerprint density at radius 1 is 1.32 bits per heavy atom. The zero-order valence-electron chi connectivity index (χ0n) is 11.2. The summed E-state index contributed by atoms with van der Waals surface area (Å²) >= 11 is 0. The number of methoxy groups -OCH3 is 2. The predicted octanol–water partition coefficient (Wildman–Crippen LogP) is 1.00. The number of hydrogen-bond acceptors (Lipinski definition) is 6. The lowest BCUT2D eigenvalue weighted by Gasteiger charge is -2.15. The topological polar surface area (TPSA) is 74.1 Å². The summed E-state index contributed by atoms with van der Waals surface area (Å²) in [5, 5.41) is 14.4. The highest BCUT2D eigenvalue weighted by Crippen LogP contribution is 2.18.